The third-order valence-corrected chi connectivity index (χ3v) is 5.54. The molecule has 0 saturated heterocycles. The van der Waals surface area contributed by atoms with Gasteiger partial charge < -0.3 is 24.1 Å². The normalized spacial score (nSPS) is 10.5. The largest absolute Gasteiger partial charge is 0.465 e. The molecule has 0 fully saturated rings. The smallest absolute Gasteiger partial charge is 0.348 e. The maximum atomic E-state index is 12.3. The Labute approximate surface area is 180 Å². The van der Waals surface area contributed by atoms with Crippen LogP contribution in [0.15, 0.2) is 30.6 Å². The van der Waals surface area contributed by atoms with E-state index in [0.29, 0.717) is 5.56 Å². The van der Waals surface area contributed by atoms with Crippen molar-refractivity contribution in [3.63, 3.8) is 0 Å². The highest BCUT2D eigenvalue weighted by Crippen LogP contribution is 2.34. The zero-order valence-electron chi connectivity index (χ0n) is 17.0. The van der Waals surface area contributed by atoms with Gasteiger partial charge in [-0.05, 0) is 24.6 Å². The molecule has 0 aliphatic heterocycles. The zero-order chi connectivity index (χ0) is 22.5. The molecule has 1 amide bonds. The standard InChI is InChI=1S/C20H19N3O7S/c1-11-16(19(26)28-2)18(31-17(11)20(27)29-3)22-14(24)9-30-15(25)8-23-10-21-12-6-4-5-7-13(12)23/h4-7,10H,8-9H2,1-3H3,(H,22,24). The van der Waals surface area contributed by atoms with Gasteiger partial charge in [0.05, 0.1) is 37.1 Å². The number of anilines is 1. The van der Waals surface area contributed by atoms with Gasteiger partial charge in [0.15, 0.2) is 6.61 Å². The van der Waals surface area contributed by atoms with E-state index in [0.717, 1.165) is 22.4 Å². The van der Waals surface area contributed by atoms with Crippen LogP contribution in [0.1, 0.15) is 25.6 Å². The number of rotatable bonds is 7. The Hall–Kier alpha value is -3.73. The van der Waals surface area contributed by atoms with Crippen molar-refractivity contribution in [3.05, 3.63) is 46.6 Å². The molecule has 31 heavy (non-hydrogen) atoms. The van der Waals surface area contributed by atoms with Gasteiger partial charge in [-0.25, -0.2) is 14.6 Å². The molecule has 2 aromatic heterocycles. The van der Waals surface area contributed by atoms with Crippen molar-refractivity contribution < 1.29 is 33.4 Å². The molecule has 0 radical (unpaired) electrons. The van der Waals surface area contributed by atoms with E-state index < -0.39 is 30.4 Å². The summed E-state index contributed by atoms with van der Waals surface area (Å²) in [6.45, 7) is 0.850. The number of methoxy groups -OCH3 is 2. The summed E-state index contributed by atoms with van der Waals surface area (Å²) < 4.78 is 16.1. The van der Waals surface area contributed by atoms with Crippen LogP contribution in [-0.2, 0) is 30.3 Å². The molecule has 0 spiro atoms. The summed E-state index contributed by atoms with van der Waals surface area (Å²) >= 11 is 0.870. The van der Waals surface area contributed by atoms with Crippen LogP contribution in [0.5, 0.6) is 0 Å². The SMILES string of the molecule is COC(=O)c1sc(NC(=O)COC(=O)Cn2cnc3ccccc32)c(C(=O)OC)c1C. The van der Waals surface area contributed by atoms with Crippen molar-refractivity contribution in [3.8, 4) is 0 Å². The topological polar surface area (TPSA) is 126 Å². The Morgan fingerprint density at radius 3 is 2.52 bits per heavy atom. The number of hydrogen-bond acceptors (Lipinski definition) is 9. The molecule has 0 unspecified atom stereocenters. The van der Waals surface area contributed by atoms with E-state index >= 15 is 0 Å². The van der Waals surface area contributed by atoms with Gasteiger partial charge >= 0.3 is 17.9 Å². The molecule has 0 aliphatic rings. The van der Waals surface area contributed by atoms with Crippen molar-refractivity contribution in [2.45, 2.75) is 13.5 Å². The minimum atomic E-state index is -0.719. The first-order chi connectivity index (χ1) is 14.8. The van der Waals surface area contributed by atoms with E-state index in [1.165, 1.54) is 20.5 Å². The van der Waals surface area contributed by atoms with Crippen LogP contribution in [0.4, 0.5) is 5.00 Å². The first kappa shape index (κ1) is 22.0. The average Bonchev–Trinajstić information content (AvgIpc) is 3.32. The molecule has 10 nitrogen and oxygen atoms in total. The molecule has 11 heteroatoms. The van der Waals surface area contributed by atoms with Crippen LogP contribution in [-0.4, -0.2) is 54.2 Å². The maximum absolute atomic E-state index is 12.3. The lowest BCUT2D eigenvalue weighted by Gasteiger charge is -2.08. The van der Waals surface area contributed by atoms with Gasteiger partial charge in [-0.2, -0.15) is 0 Å². The number of nitrogens with zero attached hydrogens (tertiary/aromatic N) is 2. The van der Waals surface area contributed by atoms with Gasteiger partial charge in [0.25, 0.3) is 5.91 Å². The van der Waals surface area contributed by atoms with Crippen molar-refractivity contribution in [1.82, 2.24) is 9.55 Å². The van der Waals surface area contributed by atoms with Crippen molar-refractivity contribution in [1.29, 1.82) is 0 Å². The first-order valence-electron chi connectivity index (χ1n) is 9.01. The molecule has 0 saturated carbocycles. The number of benzene rings is 1. The predicted molar refractivity (Wildman–Crippen MR) is 111 cm³/mol. The number of thiophene rings is 1. The van der Waals surface area contributed by atoms with Gasteiger partial charge in [0, 0.05) is 0 Å². The minimum Gasteiger partial charge on any atom is -0.465 e. The van der Waals surface area contributed by atoms with E-state index in [9.17, 15) is 19.2 Å². The molecular weight excluding hydrogens is 426 g/mol. The second-order valence-corrected chi connectivity index (χ2v) is 7.33. The molecule has 162 valence electrons. The highest BCUT2D eigenvalue weighted by atomic mass is 32.1. The van der Waals surface area contributed by atoms with Gasteiger partial charge in [0.1, 0.15) is 16.4 Å². The lowest BCUT2D eigenvalue weighted by atomic mass is 10.1. The monoisotopic (exact) mass is 445 g/mol. The van der Waals surface area contributed by atoms with Crippen LogP contribution in [0.25, 0.3) is 11.0 Å². The van der Waals surface area contributed by atoms with Gasteiger partial charge in [-0.3, -0.25) is 9.59 Å². The van der Waals surface area contributed by atoms with Gasteiger partial charge in [0.2, 0.25) is 0 Å². The average molecular weight is 445 g/mol. The highest BCUT2D eigenvalue weighted by molar-refractivity contribution is 7.18. The Balaban J connectivity index is 1.65. The fourth-order valence-electron chi connectivity index (χ4n) is 2.87. The van der Waals surface area contributed by atoms with Crippen molar-refractivity contribution >= 4 is 51.2 Å². The minimum absolute atomic E-state index is 0.0393. The molecule has 0 bridgehead atoms. The van der Waals surface area contributed by atoms with E-state index in [4.69, 9.17) is 14.2 Å². The van der Waals surface area contributed by atoms with Crippen molar-refractivity contribution in [2.24, 2.45) is 0 Å². The van der Waals surface area contributed by atoms with Crippen LogP contribution in [0.2, 0.25) is 0 Å². The van der Waals surface area contributed by atoms with E-state index in [-0.39, 0.29) is 22.0 Å². The Morgan fingerprint density at radius 2 is 1.81 bits per heavy atom. The third-order valence-electron chi connectivity index (χ3n) is 4.35. The van der Waals surface area contributed by atoms with Gasteiger partial charge in [-0.1, -0.05) is 12.1 Å². The molecule has 2 heterocycles. The number of ether oxygens (including phenoxy) is 3. The number of aromatic nitrogens is 2. The first-order valence-corrected chi connectivity index (χ1v) is 9.82. The Bertz CT molecular complexity index is 1160. The number of esters is 3. The van der Waals surface area contributed by atoms with Crippen molar-refractivity contribution in [2.75, 3.05) is 26.1 Å². The second kappa shape index (κ2) is 9.39. The van der Waals surface area contributed by atoms with Crippen LogP contribution >= 0.6 is 11.3 Å². The molecule has 1 N–H and O–H groups in total. The molecule has 0 atom stereocenters. The third kappa shape index (κ3) is 4.72. The number of para-hydroxylation sites is 2. The van der Waals surface area contributed by atoms with E-state index in [1.807, 2.05) is 24.3 Å². The summed E-state index contributed by atoms with van der Waals surface area (Å²) in [5.41, 5.74) is 1.86. The Morgan fingerprint density at radius 1 is 1.10 bits per heavy atom. The summed E-state index contributed by atoms with van der Waals surface area (Å²) in [4.78, 5) is 52.8. The zero-order valence-corrected chi connectivity index (χ0v) is 17.8. The summed E-state index contributed by atoms with van der Waals surface area (Å²) in [7, 11) is 2.39. The summed E-state index contributed by atoms with van der Waals surface area (Å²) in [5.74, 6) is -2.67. The number of carbonyl (C=O) groups excluding carboxylic acids is 4. The summed E-state index contributed by atoms with van der Waals surface area (Å²) in [5, 5.41) is 2.59. The van der Waals surface area contributed by atoms with Gasteiger partial charge in [-0.15, -0.1) is 11.3 Å². The highest BCUT2D eigenvalue weighted by Gasteiger charge is 2.27. The molecule has 0 aliphatic carbocycles. The molecule has 3 aromatic rings. The summed E-state index contributed by atoms with van der Waals surface area (Å²) in [6, 6.07) is 7.29. The number of nitrogens with one attached hydrogen (secondary N) is 1. The Kier molecular flexibility index (Phi) is 6.65. The molecule has 3 rings (SSSR count). The van der Waals surface area contributed by atoms with E-state index in [2.05, 4.69) is 10.3 Å². The molecular formula is C20H19N3O7S. The number of hydrogen-bond donors (Lipinski definition) is 1. The lowest BCUT2D eigenvalue weighted by molar-refractivity contribution is -0.147. The number of carbonyl (C=O) groups is 4. The number of imidazole rings is 1. The molecule has 1 aromatic carbocycles. The number of fused-ring (bicyclic) bond motifs is 1. The van der Waals surface area contributed by atoms with Crippen LogP contribution in [0, 0.1) is 6.92 Å². The number of amides is 1. The fraction of sp³-hybridized carbons (Fsp3) is 0.250. The quantitative estimate of drug-likeness (QED) is 0.433. The van der Waals surface area contributed by atoms with Crippen LogP contribution < -0.4 is 5.32 Å². The maximum Gasteiger partial charge on any atom is 0.348 e. The lowest BCUT2D eigenvalue weighted by Crippen LogP contribution is -2.23. The second-order valence-electron chi connectivity index (χ2n) is 6.31. The predicted octanol–water partition coefficient (Wildman–Crippen LogP) is 2.16. The van der Waals surface area contributed by atoms with E-state index in [1.54, 1.807) is 11.5 Å². The van der Waals surface area contributed by atoms with Crippen LogP contribution in [0.3, 0.4) is 0 Å². The summed E-state index contributed by atoms with van der Waals surface area (Å²) in [6.07, 6.45) is 1.51. The fourth-order valence-corrected chi connectivity index (χ4v) is 4.00.